The summed E-state index contributed by atoms with van der Waals surface area (Å²) < 4.78 is 7.79. The number of halogens is 1. The molecule has 1 aromatic carbocycles. The molecule has 1 aliphatic heterocycles. The largest absolute Gasteiger partial charge is 0.460 e. The summed E-state index contributed by atoms with van der Waals surface area (Å²) in [6, 6.07) is 9.86. The number of nitrogens with zero attached hydrogens (tertiary/aromatic N) is 2. The summed E-state index contributed by atoms with van der Waals surface area (Å²) in [5.74, 6) is -0.679. The van der Waals surface area contributed by atoms with Crippen LogP contribution in [0.25, 0.3) is 6.08 Å². The molecule has 4 rings (SSSR count). The summed E-state index contributed by atoms with van der Waals surface area (Å²) in [5, 5.41) is 5.40. The molecular formula is C19H15ClN4O4S. The molecule has 148 valence electrons. The van der Waals surface area contributed by atoms with Gasteiger partial charge in [0.2, 0.25) is 0 Å². The molecule has 0 atom stereocenters. The van der Waals surface area contributed by atoms with Gasteiger partial charge in [0.25, 0.3) is 5.56 Å². The maximum absolute atomic E-state index is 12.3. The topological polar surface area (TPSA) is 106 Å². The highest BCUT2D eigenvalue weighted by Gasteiger charge is 2.15. The molecule has 29 heavy (non-hydrogen) atoms. The molecular weight excluding hydrogens is 416 g/mol. The van der Waals surface area contributed by atoms with E-state index in [4.69, 9.17) is 16.0 Å². The summed E-state index contributed by atoms with van der Waals surface area (Å²) in [6.07, 6.45) is 1.64. The number of aromatic nitrogens is 1. The highest BCUT2D eigenvalue weighted by molar-refractivity contribution is 7.07. The fraction of sp³-hybridized carbons (Fsp3) is 0.158. The quantitative estimate of drug-likeness (QED) is 0.599. The molecule has 0 radical (unpaired) electrons. The van der Waals surface area contributed by atoms with Crippen LogP contribution in [0.2, 0.25) is 5.02 Å². The van der Waals surface area contributed by atoms with Crippen LogP contribution < -0.4 is 25.5 Å². The van der Waals surface area contributed by atoms with Crippen molar-refractivity contribution < 1.29 is 14.0 Å². The van der Waals surface area contributed by atoms with Gasteiger partial charge in [-0.15, -0.1) is 0 Å². The van der Waals surface area contributed by atoms with Gasteiger partial charge in [0.15, 0.2) is 4.80 Å². The first-order chi connectivity index (χ1) is 14.0. The number of furan rings is 1. The Bertz CT molecular complexity index is 1270. The fourth-order valence-electron chi connectivity index (χ4n) is 2.77. The summed E-state index contributed by atoms with van der Waals surface area (Å²) >= 11 is 7.16. The molecule has 0 spiro atoms. The molecule has 3 heterocycles. The van der Waals surface area contributed by atoms with E-state index >= 15 is 0 Å². The minimum Gasteiger partial charge on any atom is -0.460 e. The predicted octanol–water partition coefficient (Wildman–Crippen LogP) is 0.873. The number of rotatable bonds is 4. The number of benzene rings is 1. The number of carbonyl (C=O) groups excluding carboxylic acids is 2. The van der Waals surface area contributed by atoms with Gasteiger partial charge in [0.05, 0.1) is 17.6 Å². The van der Waals surface area contributed by atoms with Crippen molar-refractivity contribution in [2.24, 2.45) is 4.99 Å². The molecule has 2 aromatic heterocycles. The predicted molar refractivity (Wildman–Crippen MR) is 108 cm³/mol. The van der Waals surface area contributed by atoms with E-state index in [-0.39, 0.29) is 12.1 Å². The van der Waals surface area contributed by atoms with Crippen LogP contribution in [-0.2, 0) is 22.7 Å². The highest BCUT2D eigenvalue weighted by atomic mass is 35.5. The Hall–Kier alpha value is -3.17. The second-order valence-electron chi connectivity index (χ2n) is 6.18. The summed E-state index contributed by atoms with van der Waals surface area (Å²) in [5.41, 5.74) is 0.337. The van der Waals surface area contributed by atoms with E-state index in [0.717, 1.165) is 0 Å². The van der Waals surface area contributed by atoms with Crippen LogP contribution in [0.3, 0.4) is 0 Å². The Balaban J connectivity index is 1.38. The number of hydrogen-bond acceptors (Lipinski definition) is 6. The summed E-state index contributed by atoms with van der Waals surface area (Å²) in [4.78, 5) is 41.2. The zero-order valence-electron chi connectivity index (χ0n) is 15.0. The van der Waals surface area contributed by atoms with Gasteiger partial charge in [-0.3, -0.25) is 23.9 Å². The second-order valence-corrected chi connectivity index (χ2v) is 7.63. The number of amides is 2. The smallest absolute Gasteiger partial charge is 0.313 e. The van der Waals surface area contributed by atoms with Crippen LogP contribution in [0.4, 0.5) is 5.69 Å². The van der Waals surface area contributed by atoms with Gasteiger partial charge in [0.1, 0.15) is 11.5 Å². The van der Waals surface area contributed by atoms with Gasteiger partial charge in [-0.25, -0.2) is 0 Å². The minimum absolute atomic E-state index is 0.0326. The van der Waals surface area contributed by atoms with Crippen molar-refractivity contribution in [2.75, 3.05) is 11.9 Å². The van der Waals surface area contributed by atoms with Crippen molar-refractivity contribution in [2.45, 2.75) is 13.1 Å². The van der Waals surface area contributed by atoms with E-state index in [1.807, 2.05) is 0 Å². The van der Waals surface area contributed by atoms with E-state index < -0.39 is 11.8 Å². The number of nitrogens with one attached hydrogen (secondary N) is 2. The Morgan fingerprint density at radius 1 is 1.28 bits per heavy atom. The van der Waals surface area contributed by atoms with Crippen LogP contribution >= 0.6 is 22.9 Å². The van der Waals surface area contributed by atoms with Gasteiger partial charge in [-0.2, -0.15) is 0 Å². The molecule has 2 amide bonds. The lowest BCUT2D eigenvalue weighted by Gasteiger charge is -2.05. The van der Waals surface area contributed by atoms with E-state index in [9.17, 15) is 14.4 Å². The Kier molecular flexibility index (Phi) is 5.32. The van der Waals surface area contributed by atoms with Crippen molar-refractivity contribution in [3.8, 4) is 0 Å². The lowest BCUT2D eigenvalue weighted by Crippen LogP contribution is -2.34. The van der Waals surface area contributed by atoms with E-state index in [2.05, 4.69) is 15.6 Å². The molecule has 2 N–H and O–H groups in total. The van der Waals surface area contributed by atoms with Crippen molar-refractivity contribution >= 4 is 46.5 Å². The lowest BCUT2D eigenvalue weighted by atomic mass is 10.3. The SMILES string of the molecule is O=C(NCc1ccc(/C=c2\sc3n(c2=O)CCN=3)o1)C(=O)Nc1cccc(Cl)c1. The number of anilines is 1. The first kappa shape index (κ1) is 19.2. The average Bonchev–Trinajstić information content (AvgIpc) is 3.39. The van der Waals surface area contributed by atoms with E-state index in [0.29, 0.717) is 44.7 Å². The van der Waals surface area contributed by atoms with Crippen molar-refractivity contribution in [3.63, 3.8) is 0 Å². The number of hydrogen-bond donors (Lipinski definition) is 2. The van der Waals surface area contributed by atoms with Crippen molar-refractivity contribution in [1.82, 2.24) is 9.88 Å². The normalized spacial score (nSPS) is 13.1. The summed E-state index contributed by atoms with van der Waals surface area (Å²) in [7, 11) is 0. The Labute approximate surface area is 173 Å². The third-order valence-corrected chi connectivity index (χ3v) is 5.41. The summed E-state index contributed by atoms with van der Waals surface area (Å²) in [6.45, 7) is 1.27. The molecule has 10 heteroatoms. The average molecular weight is 431 g/mol. The second kappa shape index (κ2) is 8.06. The first-order valence-electron chi connectivity index (χ1n) is 8.69. The Morgan fingerprint density at radius 3 is 2.93 bits per heavy atom. The zero-order valence-corrected chi connectivity index (χ0v) is 16.5. The molecule has 0 saturated heterocycles. The molecule has 3 aromatic rings. The van der Waals surface area contributed by atoms with E-state index in [1.54, 1.807) is 41.0 Å². The zero-order chi connectivity index (χ0) is 20.4. The highest BCUT2D eigenvalue weighted by Crippen LogP contribution is 2.14. The minimum atomic E-state index is -0.810. The van der Waals surface area contributed by atoms with Crippen molar-refractivity contribution in [1.29, 1.82) is 0 Å². The van der Waals surface area contributed by atoms with Gasteiger partial charge < -0.3 is 15.1 Å². The van der Waals surface area contributed by atoms with Gasteiger partial charge in [0, 0.05) is 23.3 Å². The van der Waals surface area contributed by atoms with Crippen molar-refractivity contribution in [3.05, 3.63) is 72.6 Å². The van der Waals surface area contributed by atoms with Gasteiger partial charge in [-0.05, 0) is 30.3 Å². The molecule has 0 saturated carbocycles. The van der Waals surface area contributed by atoms with Gasteiger partial charge >= 0.3 is 11.8 Å². The van der Waals surface area contributed by atoms with Crippen LogP contribution in [0.5, 0.6) is 0 Å². The number of carbonyl (C=O) groups is 2. The Morgan fingerprint density at radius 2 is 2.14 bits per heavy atom. The monoisotopic (exact) mass is 430 g/mol. The number of fused-ring (bicyclic) bond motifs is 1. The fourth-order valence-corrected chi connectivity index (χ4v) is 3.97. The maximum atomic E-state index is 12.3. The van der Waals surface area contributed by atoms with Crippen LogP contribution in [-0.4, -0.2) is 22.9 Å². The van der Waals surface area contributed by atoms with Crippen LogP contribution in [0.1, 0.15) is 11.5 Å². The van der Waals surface area contributed by atoms with Crippen LogP contribution in [0.15, 0.2) is 50.6 Å². The molecule has 0 fully saturated rings. The molecule has 0 unspecified atom stereocenters. The van der Waals surface area contributed by atoms with Gasteiger partial charge in [-0.1, -0.05) is 29.0 Å². The lowest BCUT2D eigenvalue weighted by molar-refractivity contribution is -0.136. The number of thiazole rings is 1. The maximum Gasteiger partial charge on any atom is 0.313 e. The molecule has 8 nitrogen and oxygen atoms in total. The molecule has 0 bridgehead atoms. The first-order valence-corrected chi connectivity index (χ1v) is 9.88. The third kappa shape index (κ3) is 4.30. The van der Waals surface area contributed by atoms with Crippen LogP contribution in [0, 0.1) is 0 Å². The molecule has 1 aliphatic rings. The third-order valence-electron chi connectivity index (χ3n) is 4.13. The molecule has 0 aliphatic carbocycles. The van der Waals surface area contributed by atoms with E-state index in [1.165, 1.54) is 17.4 Å². The standard InChI is InChI=1S/C19H15ClN4O4S/c20-11-2-1-3-12(8-11)23-17(26)16(25)22-10-14-5-4-13(28-14)9-15-18(27)24-7-6-21-19(24)29-15/h1-5,8-9H,6-7,10H2,(H,22,25)(H,23,26)/b15-9-.